The van der Waals surface area contributed by atoms with E-state index < -0.39 is 5.69 Å². The summed E-state index contributed by atoms with van der Waals surface area (Å²) < 4.78 is 4.21. The van der Waals surface area contributed by atoms with Crippen molar-refractivity contribution >= 4 is 16.8 Å². The summed E-state index contributed by atoms with van der Waals surface area (Å²) in [6.07, 6.45) is 3.49. The molecule has 8 heteroatoms. The van der Waals surface area contributed by atoms with Crippen molar-refractivity contribution in [2.45, 2.75) is 39.5 Å². The van der Waals surface area contributed by atoms with Crippen LogP contribution >= 0.6 is 0 Å². The lowest BCUT2D eigenvalue weighted by atomic mass is 10.2. The molecular formula is C18H21N5O3. The third kappa shape index (κ3) is 3.44. The number of carbonyl (C=O) groups is 1. The van der Waals surface area contributed by atoms with Crippen LogP contribution in [0.1, 0.15) is 13.8 Å². The number of aromatic nitrogens is 4. The molecule has 1 atom stereocenters. The number of carbonyl (C=O) groups excluding carboxylic acids is 1. The van der Waals surface area contributed by atoms with Gasteiger partial charge in [0.2, 0.25) is 5.91 Å². The van der Waals surface area contributed by atoms with Gasteiger partial charge in [-0.3, -0.25) is 23.4 Å². The average Bonchev–Trinajstić information content (AvgIpc) is 3.12. The van der Waals surface area contributed by atoms with Gasteiger partial charge in [-0.15, -0.1) is 0 Å². The molecule has 0 aliphatic heterocycles. The van der Waals surface area contributed by atoms with E-state index in [1.54, 1.807) is 42.1 Å². The van der Waals surface area contributed by atoms with Crippen molar-refractivity contribution < 1.29 is 4.79 Å². The summed E-state index contributed by atoms with van der Waals surface area (Å²) in [5.74, 6) is -0.293. The van der Waals surface area contributed by atoms with Crippen molar-refractivity contribution in [3.05, 3.63) is 63.6 Å². The van der Waals surface area contributed by atoms with Crippen LogP contribution in [0.25, 0.3) is 10.9 Å². The van der Waals surface area contributed by atoms with Crippen LogP contribution in [0.2, 0.25) is 0 Å². The number of hydrogen-bond donors (Lipinski definition) is 1. The fraction of sp³-hybridized carbons (Fsp3) is 0.333. The third-order valence-electron chi connectivity index (χ3n) is 4.18. The second-order valence-corrected chi connectivity index (χ2v) is 6.13. The SMILES string of the molecule is CCn1c(=O)c2ccccc2n(CC(=O)NC(C)Cn2cccn2)c1=O. The molecule has 2 heterocycles. The molecule has 0 saturated heterocycles. The molecule has 0 bridgehead atoms. The molecule has 0 radical (unpaired) electrons. The van der Waals surface area contributed by atoms with Gasteiger partial charge in [0.05, 0.1) is 17.4 Å². The van der Waals surface area contributed by atoms with Crippen molar-refractivity contribution in [1.82, 2.24) is 24.2 Å². The summed E-state index contributed by atoms with van der Waals surface area (Å²) in [6.45, 7) is 4.23. The fourth-order valence-corrected chi connectivity index (χ4v) is 3.00. The predicted molar refractivity (Wildman–Crippen MR) is 98.0 cm³/mol. The first kappa shape index (κ1) is 17.7. The highest BCUT2D eigenvalue weighted by atomic mass is 16.2. The van der Waals surface area contributed by atoms with Crippen LogP contribution in [0.3, 0.4) is 0 Å². The maximum atomic E-state index is 12.6. The van der Waals surface area contributed by atoms with Gasteiger partial charge in [0.25, 0.3) is 5.56 Å². The van der Waals surface area contributed by atoms with E-state index in [1.807, 2.05) is 19.2 Å². The van der Waals surface area contributed by atoms with Crippen LogP contribution < -0.4 is 16.6 Å². The first-order valence-corrected chi connectivity index (χ1v) is 8.50. The first-order chi connectivity index (χ1) is 12.5. The number of rotatable bonds is 6. The van der Waals surface area contributed by atoms with E-state index >= 15 is 0 Å². The monoisotopic (exact) mass is 355 g/mol. The van der Waals surface area contributed by atoms with Crippen LogP contribution in [0.5, 0.6) is 0 Å². The van der Waals surface area contributed by atoms with Gasteiger partial charge in [-0.2, -0.15) is 5.10 Å². The lowest BCUT2D eigenvalue weighted by Crippen LogP contribution is -2.44. The second kappa shape index (κ2) is 7.38. The van der Waals surface area contributed by atoms with Crippen LogP contribution in [0, 0.1) is 0 Å². The summed E-state index contributed by atoms with van der Waals surface area (Å²) in [6, 6.07) is 8.49. The number of para-hydroxylation sites is 1. The van der Waals surface area contributed by atoms with Gasteiger partial charge in [-0.05, 0) is 32.0 Å². The molecule has 0 spiro atoms. The first-order valence-electron chi connectivity index (χ1n) is 8.50. The van der Waals surface area contributed by atoms with E-state index in [-0.39, 0.29) is 30.6 Å². The Hall–Kier alpha value is -3.16. The molecule has 0 fully saturated rings. The van der Waals surface area contributed by atoms with Gasteiger partial charge in [0, 0.05) is 25.0 Å². The van der Waals surface area contributed by atoms with Crippen LogP contribution in [-0.2, 0) is 24.4 Å². The number of nitrogens with one attached hydrogen (secondary N) is 1. The Morgan fingerprint density at radius 3 is 2.65 bits per heavy atom. The third-order valence-corrected chi connectivity index (χ3v) is 4.18. The molecule has 3 rings (SSSR count). The topological polar surface area (TPSA) is 90.9 Å². The van der Waals surface area contributed by atoms with Gasteiger partial charge in [0.1, 0.15) is 6.54 Å². The van der Waals surface area contributed by atoms with Crippen molar-refractivity contribution in [2.75, 3.05) is 0 Å². The van der Waals surface area contributed by atoms with Gasteiger partial charge in [-0.25, -0.2) is 4.79 Å². The molecule has 3 aromatic rings. The molecule has 1 N–H and O–H groups in total. The fourth-order valence-electron chi connectivity index (χ4n) is 3.00. The van der Waals surface area contributed by atoms with E-state index in [9.17, 15) is 14.4 Å². The van der Waals surface area contributed by atoms with Crippen molar-refractivity contribution in [1.29, 1.82) is 0 Å². The minimum absolute atomic E-state index is 0.150. The summed E-state index contributed by atoms with van der Waals surface area (Å²) in [7, 11) is 0. The molecule has 26 heavy (non-hydrogen) atoms. The molecular weight excluding hydrogens is 334 g/mol. The number of amides is 1. The van der Waals surface area contributed by atoms with Crippen LogP contribution in [0.4, 0.5) is 0 Å². The summed E-state index contributed by atoms with van der Waals surface area (Å²) in [5, 5.41) is 7.39. The van der Waals surface area contributed by atoms with Crippen LogP contribution in [-0.4, -0.2) is 30.9 Å². The highest BCUT2D eigenvalue weighted by Gasteiger charge is 2.15. The largest absolute Gasteiger partial charge is 0.350 e. The maximum Gasteiger partial charge on any atom is 0.331 e. The molecule has 1 amide bonds. The lowest BCUT2D eigenvalue weighted by molar-refractivity contribution is -0.122. The Bertz CT molecular complexity index is 1030. The summed E-state index contributed by atoms with van der Waals surface area (Å²) in [5.41, 5.74) is -0.357. The Morgan fingerprint density at radius 1 is 1.19 bits per heavy atom. The number of nitrogens with zero attached hydrogens (tertiary/aromatic N) is 4. The minimum Gasteiger partial charge on any atom is -0.350 e. The van der Waals surface area contributed by atoms with E-state index in [0.29, 0.717) is 17.4 Å². The van der Waals surface area contributed by atoms with Gasteiger partial charge in [0.15, 0.2) is 0 Å². The van der Waals surface area contributed by atoms with E-state index in [2.05, 4.69) is 10.4 Å². The molecule has 136 valence electrons. The van der Waals surface area contributed by atoms with E-state index in [1.165, 1.54) is 4.57 Å². The zero-order valence-corrected chi connectivity index (χ0v) is 14.8. The lowest BCUT2D eigenvalue weighted by Gasteiger charge is -2.16. The molecule has 0 saturated carbocycles. The number of fused-ring (bicyclic) bond motifs is 1. The van der Waals surface area contributed by atoms with Gasteiger partial charge >= 0.3 is 5.69 Å². The smallest absolute Gasteiger partial charge is 0.331 e. The van der Waals surface area contributed by atoms with Crippen molar-refractivity contribution in [2.24, 2.45) is 0 Å². The normalized spacial score (nSPS) is 12.2. The van der Waals surface area contributed by atoms with Crippen molar-refractivity contribution in [3.63, 3.8) is 0 Å². The molecule has 8 nitrogen and oxygen atoms in total. The van der Waals surface area contributed by atoms with Crippen molar-refractivity contribution in [3.8, 4) is 0 Å². The summed E-state index contributed by atoms with van der Waals surface area (Å²) >= 11 is 0. The van der Waals surface area contributed by atoms with E-state index in [0.717, 1.165) is 4.57 Å². The highest BCUT2D eigenvalue weighted by molar-refractivity contribution is 5.81. The van der Waals surface area contributed by atoms with Crippen LogP contribution in [0.15, 0.2) is 52.3 Å². The Morgan fingerprint density at radius 2 is 1.96 bits per heavy atom. The number of hydrogen-bond acceptors (Lipinski definition) is 4. The molecule has 1 aromatic carbocycles. The average molecular weight is 355 g/mol. The number of benzene rings is 1. The Labute approximate surface area is 149 Å². The molecule has 0 aliphatic rings. The molecule has 1 unspecified atom stereocenters. The molecule has 2 aromatic heterocycles. The maximum absolute atomic E-state index is 12.6. The standard InChI is InChI=1S/C18H21N5O3/c1-3-22-17(25)14-7-4-5-8-15(14)23(18(22)26)12-16(24)20-13(2)11-21-10-6-9-19-21/h4-10,13H,3,11-12H2,1-2H3,(H,20,24). The minimum atomic E-state index is -0.480. The van der Waals surface area contributed by atoms with Gasteiger partial charge in [-0.1, -0.05) is 12.1 Å². The quantitative estimate of drug-likeness (QED) is 0.700. The van der Waals surface area contributed by atoms with Gasteiger partial charge < -0.3 is 5.32 Å². The van der Waals surface area contributed by atoms with E-state index in [4.69, 9.17) is 0 Å². The Balaban J connectivity index is 1.87. The highest BCUT2D eigenvalue weighted by Crippen LogP contribution is 2.07. The zero-order valence-electron chi connectivity index (χ0n) is 14.8. The molecule has 0 aliphatic carbocycles. The Kier molecular flexibility index (Phi) is 5.01. The summed E-state index contributed by atoms with van der Waals surface area (Å²) in [4.78, 5) is 37.5. The second-order valence-electron chi connectivity index (χ2n) is 6.13. The predicted octanol–water partition coefficient (Wildman–Crippen LogP) is 0.584. The zero-order chi connectivity index (χ0) is 18.7.